The quantitative estimate of drug-likeness (QED) is 0.654. The normalized spacial score (nSPS) is 11.4. The molecule has 0 saturated carbocycles. The van der Waals surface area contributed by atoms with Gasteiger partial charge in [0.1, 0.15) is 11.5 Å². The van der Waals surface area contributed by atoms with Crippen molar-refractivity contribution in [2.24, 2.45) is 0 Å². The molecule has 0 aliphatic rings. The summed E-state index contributed by atoms with van der Waals surface area (Å²) in [5.41, 5.74) is 6.72. The Kier molecular flexibility index (Phi) is 7.67. The molecule has 0 aliphatic carbocycles. The first-order chi connectivity index (χ1) is 12.9. The average molecular weight is 435 g/mol. The molecule has 0 heterocycles. The molecule has 27 heavy (non-hydrogen) atoms. The van der Waals surface area contributed by atoms with E-state index < -0.39 is 17.9 Å². The number of rotatable bonds is 7. The van der Waals surface area contributed by atoms with E-state index in [-0.39, 0.29) is 6.61 Å². The van der Waals surface area contributed by atoms with Crippen LogP contribution < -0.4 is 20.3 Å². The Hall–Kier alpha value is -2.54. The molecule has 0 spiro atoms. The first-order valence-electron chi connectivity index (χ1n) is 8.60. The topological polar surface area (TPSA) is 76.7 Å². The van der Waals surface area contributed by atoms with Gasteiger partial charge in [0.25, 0.3) is 11.8 Å². The number of carbonyl (C=O) groups excluding carboxylic acids is 2. The van der Waals surface area contributed by atoms with Gasteiger partial charge in [-0.3, -0.25) is 20.4 Å². The molecule has 0 radical (unpaired) electrons. The minimum Gasteiger partial charge on any atom is -0.483 e. The third kappa shape index (κ3) is 6.60. The van der Waals surface area contributed by atoms with Crippen molar-refractivity contribution in [3.05, 3.63) is 58.1 Å². The molecular weight excluding hydrogens is 412 g/mol. The van der Waals surface area contributed by atoms with Crippen molar-refractivity contribution >= 4 is 27.7 Å². The number of halogens is 1. The molecule has 7 heteroatoms. The average Bonchev–Trinajstić information content (AvgIpc) is 2.65. The lowest BCUT2D eigenvalue weighted by atomic mass is 10.2. The summed E-state index contributed by atoms with van der Waals surface area (Å²) in [6.07, 6.45) is -0.243. The molecule has 0 aliphatic heterocycles. The summed E-state index contributed by atoms with van der Waals surface area (Å²) in [6, 6.07) is 12.9. The van der Waals surface area contributed by atoms with Gasteiger partial charge in [-0.15, -0.1) is 0 Å². The van der Waals surface area contributed by atoms with E-state index in [0.717, 1.165) is 15.6 Å². The van der Waals surface area contributed by atoms with E-state index in [1.807, 2.05) is 45.0 Å². The molecule has 1 atom stereocenters. The molecule has 0 aromatic heterocycles. The van der Waals surface area contributed by atoms with Crippen LogP contribution in [-0.4, -0.2) is 24.5 Å². The van der Waals surface area contributed by atoms with Crippen molar-refractivity contribution in [3.8, 4) is 11.5 Å². The number of carbonyl (C=O) groups is 2. The number of benzene rings is 2. The maximum absolute atomic E-state index is 12.2. The third-order valence-electron chi connectivity index (χ3n) is 3.78. The smallest absolute Gasteiger partial charge is 0.279 e. The van der Waals surface area contributed by atoms with Gasteiger partial charge in [-0.2, -0.15) is 0 Å². The van der Waals surface area contributed by atoms with Crippen molar-refractivity contribution in [1.82, 2.24) is 10.9 Å². The lowest BCUT2D eigenvalue weighted by Gasteiger charge is -2.18. The van der Waals surface area contributed by atoms with Crippen molar-refractivity contribution in [2.45, 2.75) is 33.3 Å². The van der Waals surface area contributed by atoms with Gasteiger partial charge in [0.2, 0.25) is 0 Å². The van der Waals surface area contributed by atoms with Crippen LogP contribution in [0.1, 0.15) is 24.5 Å². The van der Waals surface area contributed by atoms with Gasteiger partial charge in [0.05, 0.1) is 0 Å². The van der Waals surface area contributed by atoms with Crippen molar-refractivity contribution in [2.75, 3.05) is 6.61 Å². The maximum atomic E-state index is 12.2. The molecule has 0 saturated heterocycles. The molecule has 1 unspecified atom stereocenters. The second kappa shape index (κ2) is 9.97. The number of ether oxygens (including phenoxy) is 2. The Labute approximate surface area is 167 Å². The highest BCUT2D eigenvalue weighted by Gasteiger charge is 2.19. The SMILES string of the molecule is CCC(Oc1ccc(C)cc1)C(=O)NNC(=O)COc1ccc(Br)cc1C. The first kappa shape index (κ1) is 20.8. The largest absolute Gasteiger partial charge is 0.483 e. The van der Waals surface area contributed by atoms with Gasteiger partial charge in [-0.25, -0.2) is 0 Å². The van der Waals surface area contributed by atoms with E-state index in [1.54, 1.807) is 18.2 Å². The molecule has 6 nitrogen and oxygen atoms in total. The number of hydrazine groups is 1. The standard InChI is InChI=1S/C20H23BrN2O4/c1-4-17(27-16-8-5-13(2)6-9-16)20(25)23-22-19(24)12-26-18-10-7-15(21)11-14(18)3/h5-11,17H,4,12H2,1-3H3,(H,22,24)(H,23,25). The van der Waals surface area contributed by atoms with E-state index >= 15 is 0 Å². The molecule has 0 bridgehead atoms. The summed E-state index contributed by atoms with van der Waals surface area (Å²) in [4.78, 5) is 24.1. The van der Waals surface area contributed by atoms with Gasteiger partial charge in [0.15, 0.2) is 12.7 Å². The lowest BCUT2D eigenvalue weighted by molar-refractivity contribution is -0.134. The fourth-order valence-corrected chi connectivity index (χ4v) is 2.74. The van der Waals surface area contributed by atoms with Crippen LogP contribution >= 0.6 is 15.9 Å². The van der Waals surface area contributed by atoms with Crippen LogP contribution in [0.4, 0.5) is 0 Å². The van der Waals surface area contributed by atoms with Gasteiger partial charge < -0.3 is 9.47 Å². The summed E-state index contributed by atoms with van der Waals surface area (Å²) in [7, 11) is 0. The predicted molar refractivity (Wildman–Crippen MR) is 107 cm³/mol. The highest BCUT2D eigenvalue weighted by atomic mass is 79.9. The van der Waals surface area contributed by atoms with Crippen molar-refractivity contribution in [1.29, 1.82) is 0 Å². The summed E-state index contributed by atoms with van der Waals surface area (Å²) in [5.74, 6) is 0.318. The molecule has 0 fully saturated rings. The zero-order chi connectivity index (χ0) is 19.8. The van der Waals surface area contributed by atoms with Gasteiger partial charge >= 0.3 is 0 Å². The zero-order valence-corrected chi connectivity index (χ0v) is 17.1. The van der Waals surface area contributed by atoms with Crippen LogP contribution in [0.5, 0.6) is 11.5 Å². The summed E-state index contributed by atoms with van der Waals surface area (Å²) in [5, 5.41) is 0. The molecule has 2 aromatic carbocycles. The number of hydrogen-bond donors (Lipinski definition) is 2. The summed E-state index contributed by atoms with van der Waals surface area (Å²) >= 11 is 3.37. The van der Waals surface area contributed by atoms with Crippen LogP contribution in [0, 0.1) is 13.8 Å². The van der Waals surface area contributed by atoms with Crippen LogP contribution in [0.2, 0.25) is 0 Å². The molecule has 2 N–H and O–H groups in total. The number of aryl methyl sites for hydroxylation is 2. The summed E-state index contributed by atoms with van der Waals surface area (Å²) in [6.45, 7) is 5.48. The van der Waals surface area contributed by atoms with Gasteiger partial charge in [-0.1, -0.05) is 40.5 Å². The van der Waals surface area contributed by atoms with Crippen LogP contribution in [0.15, 0.2) is 46.9 Å². The Morgan fingerprint density at radius 3 is 2.41 bits per heavy atom. The second-order valence-electron chi connectivity index (χ2n) is 6.06. The third-order valence-corrected chi connectivity index (χ3v) is 4.28. The maximum Gasteiger partial charge on any atom is 0.279 e. The predicted octanol–water partition coefficient (Wildman–Crippen LogP) is 3.45. The molecule has 2 aromatic rings. The Morgan fingerprint density at radius 2 is 1.78 bits per heavy atom. The highest BCUT2D eigenvalue weighted by molar-refractivity contribution is 9.10. The van der Waals surface area contributed by atoms with E-state index in [9.17, 15) is 9.59 Å². The zero-order valence-electron chi connectivity index (χ0n) is 15.5. The molecule has 2 rings (SSSR count). The fraction of sp³-hybridized carbons (Fsp3) is 0.300. The minimum absolute atomic E-state index is 0.210. The van der Waals surface area contributed by atoms with E-state index in [1.165, 1.54) is 0 Å². The first-order valence-corrected chi connectivity index (χ1v) is 9.39. The number of hydrogen-bond acceptors (Lipinski definition) is 4. The van der Waals surface area contributed by atoms with Crippen LogP contribution in [-0.2, 0) is 9.59 Å². The van der Waals surface area contributed by atoms with Crippen molar-refractivity contribution < 1.29 is 19.1 Å². The Balaban J connectivity index is 1.80. The minimum atomic E-state index is -0.706. The van der Waals surface area contributed by atoms with E-state index in [4.69, 9.17) is 9.47 Å². The van der Waals surface area contributed by atoms with E-state index in [2.05, 4.69) is 26.8 Å². The Morgan fingerprint density at radius 1 is 1.07 bits per heavy atom. The highest BCUT2D eigenvalue weighted by Crippen LogP contribution is 2.22. The second-order valence-corrected chi connectivity index (χ2v) is 6.98. The van der Waals surface area contributed by atoms with Gasteiger partial charge in [0, 0.05) is 4.47 Å². The number of amides is 2. The molecule has 2 amide bonds. The van der Waals surface area contributed by atoms with Crippen molar-refractivity contribution in [3.63, 3.8) is 0 Å². The molecular formula is C20H23BrN2O4. The van der Waals surface area contributed by atoms with Crippen LogP contribution in [0.3, 0.4) is 0 Å². The fourth-order valence-electron chi connectivity index (χ4n) is 2.27. The Bertz CT molecular complexity index is 793. The monoisotopic (exact) mass is 434 g/mol. The number of nitrogens with one attached hydrogen (secondary N) is 2. The van der Waals surface area contributed by atoms with Gasteiger partial charge in [-0.05, 0) is 56.2 Å². The van der Waals surface area contributed by atoms with E-state index in [0.29, 0.717) is 17.9 Å². The summed E-state index contributed by atoms with van der Waals surface area (Å²) < 4.78 is 12.1. The molecule has 144 valence electrons. The van der Waals surface area contributed by atoms with Crippen LogP contribution in [0.25, 0.3) is 0 Å². The lowest BCUT2D eigenvalue weighted by Crippen LogP contribution is -2.49.